The van der Waals surface area contributed by atoms with E-state index in [9.17, 15) is 9.36 Å². The molecule has 0 saturated carbocycles. The Balaban J connectivity index is 3.06. The third-order valence-electron chi connectivity index (χ3n) is 2.15. The van der Waals surface area contributed by atoms with E-state index < -0.39 is 7.37 Å². The van der Waals surface area contributed by atoms with Crippen molar-refractivity contribution < 1.29 is 13.9 Å². The monoisotopic (exact) mass is 226 g/mol. The largest absolute Gasteiger partial charge is 0.323 e. The highest BCUT2D eigenvalue weighted by Gasteiger charge is 2.32. The van der Waals surface area contributed by atoms with E-state index in [4.69, 9.17) is 4.52 Å². The maximum atomic E-state index is 12.3. The zero-order valence-corrected chi connectivity index (χ0v) is 9.87. The lowest BCUT2D eigenvalue weighted by molar-refractivity contribution is -0.112. The van der Waals surface area contributed by atoms with Crippen LogP contribution in [0.4, 0.5) is 0 Å². The Bertz CT molecular complexity index is 373. The second-order valence-corrected chi connectivity index (χ2v) is 5.70. The van der Waals surface area contributed by atoms with Crippen LogP contribution in [-0.4, -0.2) is 12.6 Å². The van der Waals surface area contributed by atoms with Gasteiger partial charge in [0.15, 0.2) is 0 Å². The molecule has 0 heterocycles. The van der Waals surface area contributed by atoms with Gasteiger partial charge in [0.05, 0.1) is 0 Å². The second kappa shape index (κ2) is 5.24. The molecule has 1 aromatic carbocycles. The molecular weight excluding hydrogens is 211 g/mol. The summed E-state index contributed by atoms with van der Waals surface area (Å²) in [6.07, 6.45) is 0.971. The number of carbonyl (C=O) groups excluding carboxylic acids is 1. The Morgan fingerprint density at radius 1 is 1.33 bits per heavy atom. The predicted molar refractivity (Wildman–Crippen MR) is 60.6 cm³/mol. The summed E-state index contributed by atoms with van der Waals surface area (Å²) in [5.41, 5.74) is -0.307. The first kappa shape index (κ1) is 12.2. The molecule has 1 atom stereocenters. The highest BCUT2D eigenvalue weighted by Crippen LogP contribution is 2.46. The summed E-state index contributed by atoms with van der Waals surface area (Å²) in [7, 11) is -1.98. The van der Waals surface area contributed by atoms with Crippen LogP contribution in [0.3, 0.4) is 0 Å². The van der Waals surface area contributed by atoms with E-state index >= 15 is 0 Å². The van der Waals surface area contributed by atoms with Gasteiger partial charge in [-0.25, -0.2) is 0 Å². The summed E-state index contributed by atoms with van der Waals surface area (Å²) in [5, 5.41) is 0.478. The summed E-state index contributed by atoms with van der Waals surface area (Å²) in [6.45, 7) is 1.88. The van der Waals surface area contributed by atoms with Crippen molar-refractivity contribution in [2.45, 2.75) is 19.8 Å². The van der Waals surface area contributed by atoms with E-state index in [2.05, 4.69) is 0 Å². The summed E-state index contributed by atoms with van der Waals surface area (Å²) in [5.74, 6) is 0. The fourth-order valence-corrected chi connectivity index (χ4v) is 3.12. The topological polar surface area (TPSA) is 43.4 Å². The molecule has 0 spiro atoms. The van der Waals surface area contributed by atoms with Gasteiger partial charge in [-0.15, -0.1) is 0 Å². The molecule has 3 nitrogen and oxygen atoms in total. The number of hydrogen-bond donors (Lipinski definition) is 0. The Hall–Kier alpha value is -0.920. The van der Waals surface area contributed by atoms with Crippen LogP contribution in [0.25, 0.3) is 0 Å². The van der Waals surface area contributed by atoms with Gasteiger partial charge in [-0.05, 0) is 18.6 Å². The van der Waals surface area contributed by atoms with Crippen molar-refractivity contribution in [3.63, 3.8) is 0 Å². The summed E-state index contributed by atoms with van der Waals surface area (Å²) >= 11 is 0. The Labute approximate surface area is 89.9 Å². The minimum Gasteiger partial charge on any atom is -0.323 e. The molecule has 0 radical (unpaired) electrons. The van der Waals surface area contributed by atoms with Gasteiger partial charge >= 0.3 is 0 Å². The Morgan fingerprint density at radius 2 is 1.93 bits per heavy atom. The van der Waals surface area contributed by atoms with Gasteiger partial charge in [-0.1, -0.05) is 25.1 Å². The van der Waals surface area contributed by atoms with Gasteiger partial charge in [0, 0.05) is 18.8 Å². The van der Waals surface area contributed by atoms with E-state index in [1.807, 2.05) is 13.0 Å². The Kier molecular flexibility index (Phi) is 4.25. The first-order chi connectivity index (χ1) is 7.15. The molecule has 82 valence electrons. The maximum absolute atomic E-state index is 12.3. The van der Waals surface area contributed by atoms with Crippen LogP contribution in [0.2, 0.25) is 0 Å². The van der Waals surface area contributed by atoms with Crippen LogP contribution in [-0.2, 0) is 13.9 Å². The molecule has 0 fully saturated rings. The molecule has 1 unspecified atom stereocenters. The average Bonchev–Trinajstić information content (AvgIpc) is 2.29. The van der Waals surface area contributed by atoms with E-state index in [1.165, 1.54) is 7.11 Å². The quantitative estimate of drug-likeness (QED) is 0.724. The molecule has 0 amide bonds. The fourth-order valence-electron chi connectivity index (χ4n) is 1.34. The van der Waals surface area contributed by atoms with Gasteiger partial charge in [0.25, 0.3) is 7.37 Å². The number of carbonyl (C=O) groups is 1. The van der Waals surface area contributed by atoms with Crippen molar-refractivity contribution in [2.75, 3.05) is 7.11 Å². The average molecular weight is 226 g/mol. The molecule has 0 saturated heterocycles. The smallest absolute Gasteiger partial charge is 0.295 e. The highest BCUT2D eigenvalue weighted by atomic mass is 31.2. The number of hydrogen-bond acceptors (Lipinski definition) is 3. The molecule has 0 aliphatic carbocycles. The van der Waals surface area contributed by atoms with Crippen LogP contribution >= 0.6 is 7.37 Å². The fraction of sp³-hybridized carbons (Fsp3) is 0.364. The molecule has 15 heavy (non-hydrogen) atoms. The van der Waals surface area contributed by atoms with E-state index in [0.717, 1.165) is 0 Å². The zero-order chi connectivity index (χ0) is 11.3. The number of benzene rings is 1. The van der Waals surface area contributed by atoms with Gasteiger partial charge in [-0.2, -0.15) is 0 Å². The molecule has 1 aromatic rings. The van der Waals surface area contributed by atoms with Gasteiger partial charge in [-0.3, -0.25) is 9.36 Å². The molecule has 0 aromatic heterocycles. The summed E-state index contributed by atoms with van der Waals surface area (Å²) < 4.78 is 17.2. The van der Waals surface area contributed by atoms with Crippen molar-refractivity contribution in [1.82, 2.24) is 0 Å². The third-order valence-corrected chi connectivity index (χ3v) is 4.52. The molecule has 0 aliphatic rings. The lowest BCUT2D eigenvalue weighted by Crippen LogP contribution is -2.13. The molecule has 4 heteroatoms. The summed E-state index contributed by atoms with van der Waals surface area (Å²) in [4.78, 5) is 11.7. The van der Waals surface area contributed by atoms with Crippen LogP contribution in [0.1, 0.15) is 19.8 Å². The van der Waals surface area contributed by atoms with Crippen molar-refractivity contribution in [3.8, 4) is 0 Å². The normalized spacial score (nSPS) is 14.5. The Morgan fingerprint density at radius 3 is 2.40 bits per heavy atom. The lowest BCUT2D eigenvalue weighted by Gasteiger charge is -2.14. The maximum Gasteiger partial charge on any atom is 0.295 e. The minimum absolute atomic E-state index is 0.292. The molecular formula is C11H15O3P. The highest BCUT2D eigenvalue weighted by molar-refractivity contribution is 7.82. The standard InChI is InChI=1S/C11H15O3P/c1-3-7-11(12)15(13,14-2)10-8-5-4-6-9-10/h4-6,8-9H,3,7H2,1-2H3. The molecule has 0 bridgehead atoms. The first-order valence-corrected chi connectivity index (χ1v) is 6.52. The van der Waals surface area contributed by atoms with Gasteiger partial charge in [0.1, 0.15) is 0 Å². The van der Waals surface area contributed by atoms with E-state index in [0.29, 0.717) is 18.1 Å². The van der Waals surface area contributed by atoms with Crippen molar-refractivity contribution >= 4 is 18.2 Å². The predicted octanol–water partition coefficient (Wildman–Crippen LogP) is 2.56. The van der Waals surface area contributed by atoms with Crippen LogP contribution in [0, 0.1) is 0 Å². The minimum atomic E-state index is -3.30. The third kappa shape index (κ3) is 2.55. The van der Waals surface area contributed by atoms with Crippen LogP contribution in [0.5, 0.6) is 0 Å². The second-order valence-electron chi connectivity index (χ2n) is 3.21. The summed E-state index contributed by atoms with van der Waals surface area (Å²) in [6, 6.07) is 8.64. The van der Waals surface area contributed by atoms with Crippen LogP contribution in [0.15, 0.2) is 30.3 Å². The number of rotatable bonds is 5. The first-order valence-electron chi connectivity index (χ1n) is 4.90. The van der Waals surface area contributed by atoms with Crippen molar-refractivity contribution in [2.24, 2.45) is 0 Å². The lowest BCUT2D eigenvalue weighted by atomic mass is 10.4. The van der Waals surface area contributed by atoms with E-state index in [1.54, 1.807) is 24.3 Å². The van der Waals surface area contributed by atoms with Gasteiger partial charge < -0.3 is 4.52 Å². The van der Waals surface area contributed by atoms with Gasteiger partial charge in [0.2, 0.25) is 5.52 Å². The molecule has 0 aliphatic heterocycles. The van der Waals surface area contributed by atoms with Crippen molar-refractivity contribution in [1.29, 1.82) is 0 Å². The molecule has 1 rings (SSSR count). The van der Waals surface area contributed by atoms with E-state index in [-0.39, 0.29) is 5.52 Å². The van der Waals surface area contributed by atoms with Crippen molar-refractivity contribution in [3.05, 3.63) is 30.3 Å². The molecule has 0 N–H and O–H groups in total. The zero-order valence-electron chi connectivity index (χ0n) is 8.97. The van der Waals surface area contributed by atoms with Crippen LogP contribution < -0.4 is 5.30 Å². The SMILES string of the molecule is CCCC(=O)P(=O)(OC)c1ccccc1.